The van der Waals surface area contributed by atoms with Crippen LogP contribution in [-0.4, -0.2) is 73.1 Å². The van der Waals surface area contributed by atoms with E-state index < -0.39 is 36.4 Å². The summed E-state index contributed by atoms with van der Waals surface area (Å²) in [4.78, 5) is 54.7. The Bertz CT molecular complexity index is 2040. The molecule has 2 amide bonds. The zero-order chi connectivity index (χ0) is 43.9. The molecular weight excluding hydrogens is 874 g/mol. The molecule has 2 aliphatic heterocycles. The molecule has 4 aliphatic rings. The van der Waals surface area contributed by atoms with Crippen LogP contribution in [0.5, 0.6) is 0 Å². The maximum atomic E-state index is 13.5. The molecule has 8 rings (SSSR count). The molecule has 2 saturated heterocycles. The van der Waals surface area contributed by atoms with Gasteiger partial charge in [0.15, 0.2) is 0 Å². The van der Waals surface area contributed by atoms with Gasteiger partial charge in [-0.2, -0.15) is 0 Å². The third kappa shape index (κ3) is 11.0. The van der Waals surface area contributed by atoms with Crippen LogP contribution in [-0.2, 0) is 38.1 Å². The van der Waals surface area contributed by atoms with E-state index >= 15 is 0 Å². The number of hydrogen-bond acceptors (Lipinski definition) is 8. The normalized spacial score (nSPS) is 24.0. The molecule has 2 aliphatic carbocycles. The molecule has 6 atom stereocenters. The highest BCUT2D eigenvalue weighted by Crippen LogP contribution is 2.46. The van der Waals surface area contributed by atoms with Crippen molar-refractivity contribution < 1.29 is 38.1 Å². The van der Waals surface area contributed by atoms with Gasteiger partial charge in [0.2, 0.25) is 0 Å². The highest BCUT2D eigenvalue weighted by atomic mass is 35.5. The molecule has 2 heterocycles. The van der Waals surface area contributed by atoms with Crippen LogP contribution in [0.1, 0.15) is 97.9 Å². The van der Waals surface area contributed by atoms with E-state index in [0.717, 1.165) is 47.9 Å². The standard InChI is InChI=1S/2C24H25Cl2NO4/c2*1-30-21(28)13-20-24(29)27(14-15-4-2-5-15)22(16-8-10-18(25)11-9-16)23(31-20)17-6-3-7-19(26)12-17/h2*3,6-12,15,20,22-23H,2,4-5,13-14H2,1H3/t20-,22+,23+;20-,22-,23-/m01/s1. The molecule has 14 heteroatoms. The Hall–Kier alpha value is -4.16. The third-order valence-corrected chi connectivity index (χ3v) is 13.3. The fraction of sp³-hybridized carbons (Fsp3) is 0.417. The second-order valence-electron chi connectivity index (χ2n) is 16.3. The van der Waals surface area contributed by atoms with Crippen molar-refractivity contribution in [3.05, 3.63) is 139 Å². The monoisotopic (exact) mass is 922 g/mol. The second kappa shape index (κ2) is 21.0. The fourth-order valence-electron chi connectivity index (χ4n) is 8.56. The van der Waals surface area contributed by atoms with Crippen LogP contribution in [0.4, 0.5) is 0 Å². The van der Waals surface area contributed by atoms with Gasteiger partial charge in [-0.3, -0.25) is 19.2 Å². The predicted molar refractivity (Wildman–Crippen MR) is 238 cm³/mol. The summed E-state index contributed by atoms with van der Waals surface area (Å²) in [6, 6.07) is 29.2. The molecule has 328 valence electrons. The van der Waals surface area contributed by atoms with Gasteiger partial charge in [-0.05, 0) is 108 Å². The third-order valence-electron chi connectivity index (χ3n) is 12.3. The largest absolute Gasteiger partial charge is 0.469 e. The van der Waals surface area contributed by atoms with Crippen molar-refractivity contribution in [2.24, 2.45) is 11.8 Å². The maximum Gasteiger partial charge on any atom is 0.308 e. The van der Waals surface area contributed by atoms with Crippen molar-refractivity contribution in [2.45, 2.75) is 87.9 Å². The van der Waals surface area contributed by atoms with Crippen molar-refractivity contribution in [1.29, 1.82) is 0 Å². The van der Waals surface area contributed by atoms with Gasteiger partial charge < -0.3 is 28.7 Å². The molecule has 4 aromatic rings. The smallest absolute Gasteiger partial charge is 0.308 e. The number of halogens is 4. The van der Waals surface area contributed by atoms with Crippen LogP contribution in [0.15, 0.2) is 97.1 Å². The van der Waals surface area contributed by atoms with Crippen LogP contribution >= 0.6 is 46.4 Å². The number of esters is 2. The summed E-state index contributed by atoms with van der Waals surface area (Å²) in [7, 11) is 2.62. The molecule has 4 aromatic carbocycles. The number of rotatable bonds is 12. The lowest BCUT2D eigenvalue weighted by Crippen LogP contribution is -2.53. The Morgan fingerprint density at radius 3 is 1.23 bits per heavy atom. The Morgan fingerprint density at radius 1 is 0.548 bits per heavy atom. The summed E-state index contributed by atoms with van der Waals surface area (Å²) >= 11 is 24.8. The summed E-state index contributed by atoms with van der Waals surface area (Å²) < 4.78 is 22.2. The molecule has 0 N–H and O–H groups in total. The molecular formula is C48H50Cl4N2O8. The van der Waals surface area contributed by atoms with Gasteiger partial charge in [-0.1, -0.05) is 108 Å². The summed E-state index contributed by atoms with van der Waals surface area (Å²) in [5.74, 6) is -0.411. The van der Waals surface area contributed by atoms with Gasteiger partial charge in [0, 0.05) is 33.2 Å². The first-order chi connectivity index (χ1) is 29.9. The van der Waals surface area contributed by atoms with Crippen molar-refractivity contribution in [2.75, 3.05) is 27.3 Å². The summed E-state index contributed by atoms with van der Waals surface area (Å²) in [6.07, 6.45) is 3.74. The van der Waals surface area contributed by atoms with Gasteiger partial charge in [0.1, 0.15) is 24.4 Å². The molecule has 0 bridgehead atoms. The van der Waals surface area contributed by atoms with Crippen molar-refractivity contribution >= 4 is 70.2 Å². The lowest BCUT2D eigenvalue weighted by molar-refractivity contribution is -0.181. The van der Waals surface area contributed by atoms with Gasteiger partial charge in [0.05, 0.1) is 39.1 Å². The Balaban J connectivity index is 0.000000186. The van der Waals surface area contributed by atoms with Gasteiger partial charge in [-0.15, -0.1) is 0 Å². The Kier molecular flexibility index (Phi) is 15.5. The molecule has 10 nitrogen and oxygen atoms in total. The quantitative estimate of drug-likeness (QED) is 0.129. The van der Waals surface area contributed by atoms with Crippen LogP contribution < -0.4 is 0 Å². The summed E-state index contributed by atoms with van der Waals surface area (Å²) in [6.45, 7) is 1.26. The Morgan fingerprint density at radius 2 is 0.919 bits per heavy atom. The molecule has 0 spiro atoms. The number of benzene rings is 4. The van der Waals surface area contributed by atoms with Crippen LogP contribution in [0.25, 0.3) is 0 Å². The highest BCUT2D eigenvalue weighted by molar-refractivity contribution is 6.31. The fourth-order valence-corrected chi connectivity index (χ4v) is 9.21. The summed E-state index contributed by atoms with van der Waals surface area (Å²) in [5, 5.41) is 2.42. The van der Waals surface area contributed by atoms with Crippen molar-refractivity contribution in [3.63, 3.8) is 0 Å². The van der Waals surface area contributed by atoms with Crippen LogP contribution in [0.2, 0.25) is 20.1 Å². The first kappa shape index (κ1) is 45.9. The minimum atomic E-state index is -0.903. The topological polar surface area (TPSA) is 112 Å². The predicted octanol–water partition coefficient (Wildman–Crippen LogP) is 10.7. The number of methoxy groups -OCH3 is 2. The average molecular weight is 925 g/mol. The van der Waals surface area contributed by atoms with E-state index in [1.54, 1.807) is 12.1 Å². The number of ether oxygens (including phenoxy) is 4. The minimum Gasteiger partial charge on any atom is -0.469 e. The molecule has 2 saturated carbocycles. The first-order valence-electron chi connectivity index (χ1n) is 21.0. The zero-order valence-corrected chi connectivity index (χ0v) is 37.6. The lowest BCUT2D eigenvalue weighted by Gasteiger charge is -2.47. The number of morpholine rings is 2. The van der Waals surface area contributed by atoms with Crippen LogP contribution in [0.3, 0.4) is 0 Å². The van der Waals surface area contributed by atoms with Crippen molar-refractivity contribution in [3.8, 4) is 0 Å². The maximum absolute atomic E-state index is 13.5. The molecule has 4 fully saturated rings. The van der Waals surface area contributed by atoms with E-state index in [1.165, 1.54) is 27.1 Å². The number of carbonyl (C=O) groups excluding carboxylic acids is 4. The number of carbonyl (C=O) groups is 4. The molecule has 0 aromatic heterocycles. The van der Waals surface area contributed by atoms with Gasteiger partial charge in [-0.25, -0.2) is 0 Å². The van der Waals surface area contributed by atoms with E-state index in [-0.39, 0.29) is 36.7 Å². The van der Waals surface area contributed by atoms with Gasteiger partial charge >= 0.3 is 11.9 Å². The molecule has 62 heavy (non-hydrogen) atoms. The van der Waals surface area contributed by atoms with E-state index in [1.807, 2.05) is 94.7 Å². The number of amides is 2. The average Bonchev–Trinajstić information content (AvgIpc) is 3.23. The highest BCUT2D eigenvalue weighted by Gasteiger charge is 2.47. The minimum absolute atomic E-state index is 0.124. The van der Waals surface area contributed by atoms with E-state index in [0.29, 0.717) is 45.0 Å². The molecule has 0 unspecified atom stereocenters. The lowest BCUT2D eigenvalue weighted by atomic mass is 9.83. The van der Waals surface area contributed by atoms with E-state index in [4.69, 9.17) is 65.4 Å². The van der Waals surface area contributed by atoms with E-state index in [9.17, 15) is 19.2 Å². The zero-order valence-electron chi connectivity index (χ0n) is 34.6. The number of nitrogens with zero attached hydrogens (tertiary/aromatic N) is 2. The Labute approximate surface area is 382 Å². The SMILES string of the molecule is COC(=O)C[C@@H]1O[C@H](c2cccc(Cl)c2)[C@@H](c2ccc(Cl)cc2)N(CC2CCC2)C1=O.COC(=O)C[C@H]1O[C@H](c2cccc(Cl)c2)[C@@H](c2ccc(Cl)cc2)N(CC2CCC2)C1=O. The second-order valence-corrected chi connectivity index (χ2v) is 18.1. The molecule has 0 radical (unpaired) electrons. The van der Waals surface area contributed by atoms with Gasteiger partial charge in [0.25, 0.3) is 11.8 Å². The van der Waals surface area contributed by atoms with Crippen LogP contribution in [0, 0.1) is 11.8 Å². The number of hydrogen-bond donors (Lipinski definition) is 0. The van der Waals surface area contributed by atoms with Crippen molar-refractivity contribution in [1.82, 2.24) is 9.80 Å². The first-order valence-corrected chi connectivity index (χ1v) is 22.5. The van der Waals surface area contributed by atoms with E-state index in [2.05, 4.69) is 0 Å². The summed E-state index contributed by atoms with van der Waals surface area (Å²) in [5.41, 5.74) is 3.57.